The lowest BCUT2D eigenvalue weighted by Gasteiger charge is -2.48. The zero-order valence-electron chi connectivity index (χ0n) is 13.1. The van der Waals surface area contributed by atoms with Crippen molar-refractivity contribution in [1.82, 2.24) is 0 Å². The predicted octanol–water partition coefficient (Wildman–Crippen LogP) is 4.45. The van der Waals surface area contributed by atoms with Crippen molar-refractivity contribution in [3.05, 3.63) is 0 Å². The molecule has 0 N–H and O–H groups in total. The van der Waals surface area contributed by atoms with Gasteiger partial charge >= 0.3 is 0 Å². The van der Waals surface area contributed by atoms with Gasteiger partial charge in [0.15, 0.2) is 0 Å². The summed E-state index contributed by atoms with van der Waals surface area (Å²) in [7, 11) is 0. The number of rotatable bonds is 0. The largest absolute Gasteiger partial charge is 0.299 e. The SMILES string of the molecule is O=C1C[C@H]2CC[C@H]3CC[C@@H]([C@@H]32)[C@@]12C[C@@H]1CC[C@H]3CC[C@H]2[C@H]31. The van der Waals surface area contributed by atoms with Crippen LogP contribution in [0.1, 0.15) is 64.2 Å². The van der Waals surface area contributed by atoms with E-state index in [0.717, 1.165) is 59.5 Å². The summed E-state index contributed by atoms with van der Waals surface area (Å²) in [5.41, 5.74) is 0.199. The topological polar surface area (TPSA) is 17.1 Å². The minimum atomic E-state index is 0.199. The van der Waals surface area contributed by atoms with Crippen LogP contribution in [0.4, 0.5) is 0 Å². The molecular formula is C20H28O. The Kier molecular flexibility index (Phi) is 2.18. The molecule has 0 aromatic heterocycles. The van der Waals surface area contributed by atoms with Crippen molar-refractivity contribution in [2.24, 2.45) is 52.8 Å². The molecule has 6 saturated carbocycles. The van der Waals surface area contributed by atoms with Gasteiger partial charge in [0.1, 0.15) is 5.78 Å². The molecule has 0 radical (unpaired) electrons. The number of fused-ring (bicyclic) bond motifs is 2. The number of hydrogen-bond donors (Lipinski definition) is 0. The van der Waals surface area contributed by atoms with Crippen LogP contribution in [0.25, 0.3) is 0 Å². The Labute approximate surface area is 128 Å². The zero-order chi connectivity index (χ0) is 13.8. The highest BCUT2D eigenvalue weighted by Crippen LogP contribution is 2.73. The van der Waals surface area contributed by atoms with Crippen LogP contribution < -0.4 is 0 Å². The van der Waals surface area contributed by atoms with Crippen molar-refractivity contribution >= 4 is 5.78 Å². The summed E-state index contributed by atoms with van der Waals surface area (Å²) in [6.45, 7) is 0. The Morgan fingerprint density at radius 2 is 1.19 bits per heavy atom. The maximum atomic E-state index is 13.4. The van der Waals surface area contributed by atoms with Crippen LogP contribution in [0.5, 0.6) is 0 Å². The molecule has 21 heavy (non-hydrogen) atoms. The van der Waals surface area contributed by atoms with Gasteiger partial charge in [0.2, 0.25) is 0 Å². The van der Waals surface area contributed by atoms with Gasteiger partial charge in [0, 0.05) is 11.8 Å². The summed E-state index contributed by atoms with van der Waals surface area (Å²) in [5.74, 6) is 8.15. The first-order valence-corrected chi connectivity index (χ1v) is 9.82. The normalized spacial score (nSPS) is 63.5. The number of carbonyl (C=O) groups is 1. The van der Waals surface area contributed by atoms with Gasteiger partial charge in [-0.25, -0.2) is 0 Å². The van der Waals surface area contributed by atoms with E-state index < -0.39 is 0 Å². The summed E-state index contributed by atoms with van der Waals surface area (Å²) in [6, 6.07) is 0. The number of Topliss-reactive ketones (excluding diaryl/α,β-unsaturated/α-hetero) is 1. The molecule has 114 valence electrons. The first-order valence-electron chi connectivity index (χ1n) is 9.82. The molecule has 0 aliphatic heterocycles. The van der Waals surface area contributed by atoms with E-state index in [2.05, 4.69) is 0 Å². The average Bonchev–Trinajstić information content (AvgIpc) is 3.22. The van der Waals surface area contributed by atoms with Crippen molar-refractivity contribution in [1.29, 1.82) is 0 Å². The summed E-state index contributed by atoms with van der Waals surface area (Å²) >= 11 is 0. The van der Waals surface area contributed by atoms with Gasteiger partial charge in [-0.05, 0) is 105 Å². The van der Waals surface area contributed by atoms with Crippen LogP contribution in [0.3, 0.4) is 0 Å². The van der Waals surface area contributed by atoms with Gasteiger partial charge in [-0.1, -0.05) is 0 Å². The van der Waals surface area contributed by atoms with Gasteiger partial charge in [-0.15, -0.1) is 0 Å². The highest BCUT2D eigenvalue weighted by molar-refractivity contribution is 5.87. The molecule has 6 aliphatic rings. The predicted molar refractivity (Wildman–Crippen MR) is 81.5 cm³/mol. The van der Waals surface area contributed by atoms with Gasteiger partial charge in [-0.2, -0.15) is 0 Å². The third-order valence-corrected chi connectivity index (χ3v) is 9.51. The van der Waals surface area contributed by atoms with Crippen LogP contribution in [-0.4, -0.2) is 5.78 Å². The molecule has 0 bridgehead atoms. The second-order valence-corrected chi connectivity index (χ2v) is 9.59. The Balaban J connectivity index is 1.47. The molecule has 0 aromatic carbocycles. The van der Waals surface area contributed by atoms with E-state index in [1.165, 1.54) is 57.8 Å². The van der Waals surface area contributed by atoms with E-state index in [9.17, 15) is 4.79 Å². The fourth-order valence-electron chi connectivity index (χ4n) is 9.20. The monoisotopic (exact) mass is 284 g/mol. The van der Waals surface area contributed by atoms with Crippen LogP contribution in [0, 0.1) is 52.8 Å². The fraction of sp³-hybridized carbons (Fsp3) is 0.950. The summed E-state index contributed by atoms with van der Waals surface area (Å²) in [6.07, 6.45) is 13.9. The third-order valence-electron chi connectivity index (χ3n) is 9.51. The Morgan fingerprint density at radius 1 is 0.667 bits per heavy atom. The molecule has 0 saturated heterocycles. The fourth-order valence-corrected chi connectivity index (χ4v) is 9.20. The van der Waals surface area contributed by atoms with E-state index in [4.69, 9.17) is 0 Å². The molecule has 6 fully saturated rings. The molecule has 6 rings (SSSR count). The van der Waals surface area contributed by atoms with Crippen molar-refractivity contribution < 1.29 is 4.79 Å². The van der Waals surface area contributed by atoms with E-state index >= 15 is 0 Å². The molecule has 6 aliphatic carbocycles. The molecule has 1 spiro atoms. The van der Waals surface area contributed by atoms with Gasteiger partial charge in [0.25, 0.3) is 0 Å². The smallest absolute Gasteiger partial charge is 0.139 e. The highest BCUT2D eigenvalue weighted by Gasteiger charge is 2.69. The third kappa shape index (κ3) is 1.23. The molecule has 9 atom stereocenters. The van der Waals surface area contributed by atoms with Gasteiger partial charge in [0.05, 0.1) is 0 Å². The van der Waals surface area contributed by atoms with Crippen molar-refractivity contribution in [2.45, 2.75) is 64.2 Å². The summed E-state index contributed by atoms with van der Waals surface area (Å²) < 4.78 is 0. The minimum absolute atomic E-state index is 0.199. The van der Waals surface area contributed by atoms with Crippen LogP contribution in [0.2, 0.25) is 0 Å². The lowest BCUT2D eigenvalue weighted by molar-refractivity contribution is -0.144. The number of hydrogen-bond acceptors (Lipinski definition) is 1. The van der Waals surface area contributed by atoms with Gasteiger partial charge in [-0.3, -0.25) is 4.79 Å². The van der Waals surface area contributed by atoms with Crippen LogP contribution in [0.15, 0.2) is 0 Å². The Morgan fingerprint density at radius 3 is 1.90 bits per heavy atom. The lowest BCUT2D eigenvalue weighted by Crippen LogP contribution is -2.50. The molecule has 0 unspecified atom stereocenters. The Bertz CT molecular complexity index is 510. The first kappa shape index (κ1) is 12.1. The first-order chi connectivity index (χ1) is 10.3. The lowest BCUT2D eigenvalue weighted by atomic mass is 9.54. The molecule has 0 heterocycles. The van der Waals surface area contributed by atoms with E-state index in [1.807, 2.05) is 0 Å². The average molecular weight is 284 g/mol. The standard InChI is InChI=1S/C20H28O/c21-17-9-13-3-1-11-5-7-15(18(11)13)20(17)10-14-4-2-12-6-8-16(20)19(12)14/h11-16,18-19H,1-10H2/t11-,12-,13+,14-,15-,16-,18-,19+,20+/m0/s1. The highest BCUT2D eigenvalue weighted by atomic mass is 16.1. The number of ketones is 1. The Hall–Kier alpha value is -0.330. The molecule has 0 amide bonds. The maximum Gasteiger partial charge on any atom is 0.139 e. The molecule has 1 heteroatoms. The maximum absolute atomic E-state index is 13.4. The second-order valence-electron chi connectivity index (χ2n) is 9.59. The molecular weight excluding hydrogens is 256 g/mol. The molecule has 0 aromatic rings. The van der Waals surface area contributed by atoms with E-state index in [-0.39, 0.29) is 5.41 Å². The number of carbonyl (C=O) groups excluding carboxylic acids is 1. The van der Waals surface area contributed by atoms with E-state index in [0.29, 0.717) is 0 Å². The second kappa shape index (κ2) is 3.77. The van der Waals surface area contributed by atoms with Crippen LogP contribution >= 0.6 is 0 Å². The molecule has 1 nitrogen and oxygen atoms in total. The van der Waals surface area contributed by atoms with Crippen LogP contribution in [-0.2, 0) is 4.79 Å². The van der Waals surface area contributed by atoms with Gasteiger partial charge < -0.3 is 0 Å². The van der Waals surface area contributed by atoms with Crippen molar-refractivity contribution in [2.75, 3.05) is 0 Å². The quantitative estimate of drug-likeness (QED) is 0.642. The van der Waals surface area contributed by atoms with Crippen molar-refractivity contribution in [3.63, 3.8) is 0 Å². The summed E-state index contributed by atoms with van der Waals surface area (Å²) in [5, 5.41) is 0. The zero-order valence-corrected chi connectivity index (χ0v) is 13.1. The summed E-state index contributed by atoms with van der Waals surface area (Å²) in [4.78, 5) is 13.4. The van der Waals surface area contributed by atoms with Crippen molar-refractivity contribution in [3.8, 4) is 0 Å². The minimum Gasteiger partial charge on any atom is -0.299 e. The van der Waals surface area contributed by atoms with E-state index in [1.54, 1.807) is 0 Å².